The second kappa shape index (κ2) is 5.77. The van der Waals surface area contributed by atoms with Crippen molar-refractivity contribution in [1.82, 2.24) is 4.98 Å². The number of hydrogen-bond donors (Lipinski definition) is 1. The molecule has 1 heterocycles. The third-order valence-electron chi connectivity index (χ3n) is 3.40. The summed E-state index contributed by atoms with van der Waals surface area (Å²) in [7, 11) is 3.95. The minimum atomic E-state index is -0.106. The molecule has 0 atom stereocenters. The highest BCUT2D eigenvalue weighted by molar-refractivity contribution is 7.18. The minimum absolute atomic E-state index is 0.106. The smallest absolute Gasteiger partial charge is 0.255 e. The number of nitrogens with zero attached hydrogens (tertiary/aromatic N) is 2. The van der Waals surface area contributed by atoms with Gasteiger partial charge in [-0.2, -0.15) is 0 Å². The van der Waals surface area contributed by atoms with Gasteiger partial charge in [0.15, 0.2) is 0 Å². The van der Waals surface area contributed by atoms with Crippen molar-refractivity contribution in [3.63, 3.8) is 0 Å². The fraction of sp³-hybridized carbons (Fsp3) is 0.176. The molecule has 0 saturated carbocycles. The SMILES string of the molecule is Cc1nc2ccc(NC(=O)c3ccc(N(C)C)cc3)cc2s1. The molecule has 0 fully saturated rings. The number of aryl methyl sites for hydroxylation is 1. The number of anilines is 2. The van der Waals surface area contributed by atoms with E-state index >= 15 is 0 Å². The number of thiazole rings is 1. The van der Waals surface area contributed by atoms with Gasteiger partial charge in [0.05, 0.1) is 15.2 Å². The molecule has 112 valence electrons. The fourth-order valence-electron chi connectivity index (χ4n) is 2.23. The molecule has 0 aliphatic heterocycles. The Labute approximate surface area is 133 Å². The zero-order chi connectivity index (χ0) is 15.7. The molecule has 0 saturated heterocycles. The molecule has 22 heavy (non-hydrogen) atoms. The standard InChI is InChI=1S/C17H17N3OS/c1-11-18-15-9-6-13(10-16(15)22-11)19-17(21)12-4-7-14(8-5-12)20(2)3/h4-10H,1-3H3,(H,19,21). The maximum Gasteiger partial charge on any atom is 0.255 e. The Morgan fingerprint density at radius 3 is 2.55 bits per heavy atom. The van der Waals surface area contributed by atoms with E-state index in [2.05, 4.69) is 10.3 Å². The van der Waals surface area contributed by atoms with Crippen LogP contribution in [0, 0.1) is 6.92 Å². The zero-order valence-corrected chi connectivity index (χ0v) is 13.6. The molecule has 1 aromatic heterocycles. The van der Waals surface area contributed by atoms with Crippen LogP contribution in [0.2, 0.25) is 0 Å². The molecule has 0 aliphatic rings. The monoisotopic (exact) mass is 311 g/mol. The minimum Gasteiger partial charge on any atom is -0.378 e. The van der Waals surface area contributed by atoms with Gasteiger partial charge in [0.2, 0.25) is 0 Å². The van der Waals surface area contributed by atoms with Crippen LogP contribution in [-0.2, 0) is 0 Å². The lowest BCUT2D eigenvalue weighted by atomic mass is 10.2. The second-order valence-electron chi connectivity index (χ2n) is 5.31. The van der Waals surface area contributed by atoms with Crippen molar-refractivity contribution in [2.45, 2.75) is 6.92 Å². The van der Waals surface area contributed by atoms with Crippen molar-refractivity contribution >= 4 is 38.8 Å². The number of rotatable bonds is 3. The van der Waals surface area contributed by atoms with Gasteiger partial charge < -0.3 is 10.2 Å². The molecule has 5 heteroatoms. The zero-order valence-electron chi connectivity index (χ0n) is 12.8. The number of hydrogen-bond acceptors (Lipinski definition) is 4. The molecule has 1 N–H and O–H groups in total. The van der Waals surface area contributed by atoms with E-state index in [1.54, 1.807) is 11.3 Å². The second-order valence-corrected chi connectivity index (χ2v) is 6.55. The summed E-state index contributed by atoms with van der Waals surface area (Å²) in [4.78, 5) is 18.7. The lowest BCUT2D eigenvalue weighted by molar-refractivity contribution is 0.102. The normalized spacial score (nSPS) is 10.7. The maximum absolute atomic E-state index is 12.3. The molecule has 4 nitrogen and oxygen atoms in total. The first kappa shape index (κ1) is 14.5. The molecule has 0 radical (unpaired) electrons. The van der Waals surface area contributed by atoms with Gasteiger partial charge in [0.1, 0.15) is 0 Å². The molecule has 0 bridgehead atoms. The van der Waals surface area contributed by atoms with Crippen molar-refractivity contribution in [2.75, 3.05) is 24.3 Å². The largest absolute Gasteiger partial charge is 0.378 e. The van der Waals surface area contributed by atoms with E-state index in [1.165, 1.54) is 0 Å². The van der Waals surface area contributed by atoms with Crippen molar-refractivity contribution < 1.29 is 4.79 Å². The van der Waals surface area contributed by atoms with E-state index < -0.39 is 0 Å². The molecule has 3 aromatic rings. The van der Waals surface area contributed by atoms with Crippen LogP contribution in [0.1, 0.15) is 15.4 Å². The van der Waals surface area contributed by atoms with Gasteiger partial charge in [-0.15, -0.1) is 11.3 Å². The summed E-state index contributed by atoms with van der Waals surface area (Å²) in [5.74, 6) is -0.106. The van der Waals surface area contributed by atoms with E-state index in [0.29, 0.717) is 5.56 Å². The van der Waals surface area contributed by atoms with Crippen LogP contribution < -0.4 is 10.2 Å². The van der Waals surface area contributed by atoms with Crippen LogP contribution in [0.4, 0.5) is 11.4 Å². The van der Waals surface area contributed by atoms with Crippen LogP contribution in [0.25, 0.3) is 10.2 Å². The summed E-state index contributed by atoms with van der Waals surface area (Å²) >= 11 is 1.63. The number of carbonyl (C=O) groups excluding carboxylic acids is 1. The number of aromatic nitrogens is 1. The van der Waals surface area contributed by atoms with Gasteiger partial charge in [-0.05, 0) is 49.4 Å². The maximum atomic E-state index is 12.3. The topological polar surface area (TPSA) is 45.2 Å². The van der Waals surface area contributed by atoms with E-state index in [4.69, 9.17) is 0 Å². The third-order valence-corrected chi connectivity index (χ3v) is 4.33. The van der Waals surface area contributed by atoms with Gasteiger partial charge in [0.25, 0.3) is 5.91 Å². The number of benzene rings is 2. The van der Waals surface area contributed by atoms with Crippen LogP contribution in [0.15, 0.2) is 42.5 Å². The first-order valence-corrected chi connectivity index (χ1v) is 7.80. The Hall–Kier alpha value is -2.40. The lowest BCUT2D eigenvalue weighted by Gasteiger charge is -2.12. The molecular weight excluding hydrogens is 294 g/mol. The van der Waals surface area contributed by atoms with Gasteiger partial charge >= 0.3 is 0 Å². The Kier molecular flexibility index (Phi) is 3.81. The highest BCUT2D eigenvalue weighted by Gasteiger charge is 2.08. The van der Waals surface area contributed by atoms with Gasteiger partial charge in [-0.3, -0.25) is 4.79 Å². The van der Waals surface area contributed by atoms with Crippen molar-refractivity contribution in [2.24, 2.45) is 0 Å². The Bertz CT molecular complexity index is 822. The molecule has 0 aliphatic carbocycles. The summed E-state index contributed by atoms with van der Waals surface area (Å²) in [5.41, 5.74) is 3.47. The van der Waals surface area contributed by atoms with E-state index in [9.17, 15) is 4.79 Å². The lowest BCUT2D eigenvalue weighted by Crippen LogP contribution is -2.13. The Morgan fingerprint density at radius 1 is 1.14 bits per heavy atom. The third kappa shape index (κ3) is 2.94. The number of nitrogens with one attached hydrogen (secondary N) is 1. The molecule has 1 amide bonds. The summed E-state index contributed by atoms with van der Waals surface area (Å²) in [6, 6.07) is 13.3. The van der Waals surface area contributed by atoms with Crippen LogP contribution in [0.3, 0.4) is 0 Å². The molecule has 2 aromatic carbocycles. The highest BCUT2D eigenvalue weighted by Crippen LogP contribution is 2.25. The number of fused-ring (bicyclic) bond motifs is 1. The molecule has 0 unspecified atom stereocenters. The fourth-order valence-corrected chi connectivity index (χ4v) is 3.10. The van der Waals surface area contributed by atoms with E-state index in [0.717, 1.165) is 26.6 Å². The van der Waals surface area contributed by atoms with Gasteiger partial charge in [0, 0.05) is 31.0 Å². The average Bonchev–Trinajstić information content (AvgIpc) is 2.86. The van der Waals surface area contributed by atoms with E-state index in [1.807, 2.05) is 68.4 Å². The van der Waals surface area contributed by atoms with Crippen molar-refractivity contribution in [1.29, 1.82) is 0 Å². The number of amides is 1. The molecular formula is C17H17N3OS. The first-order valence-electron chi connectivity index (χ1n) is 6.99. The summed E-state index contributed by atoms with van der Waals surface area (Å²) in [6.07, 6.45) is 0. The number of carbonyl (C=O) groups is 1. The summed E-state index contributed by atoms with van der Waals surface area (Å²) in [6.45, 7) is 1.98. The quantitative estimate of drug-likeness (QED) is 0.797. The van der Waals surface area contributed by atoms with Crippen molar-refractivity contribution in [3.8, 4) is 0 Å². The van der Waals surface area contributed by atoms with E-state index in [-0.39, 0.29) is 5.91 Å². The summed E-state index contributed by atoms with van der Waals surface area (Å²) in [5, 5.41) is 3.96. The average molecular weight is 311 g/mol. The van der Waals surface area contributed by atoms with Gasteiger partial charge in [-0.1, -0.05) is 0 Å². The Balaban J connectivity index is 1.79. The van der Waals surface area contributed by atoms with Crippen LogP contribution in [0.5, 0.6) is 0 Å². The van der Waals surface area contributed by atoms with Crippen LogP contribution >= 0.6 is 11.3 Å². The predicted octanol–water partition coefficient (Wildman–Crippen LogP) is 3.92. The molecule has 3 rings (SSSR count). The predicted molar refractivity (Wildman–Crippen MR) is 93.1 cm³/mol. The van der Waals surface area contributed by atoms with Crippen LogP contribution in [-0.4, -0.2) is 25.0 Å². The highest BCUT2D eigenvalue weighted by atomic mass is 32.1. The molecule has 0 spiro atoms. The Morgan fingerprint density at radius 2 is 1.86 bits per heavy atom. The first-order chi connectivity index (χ1) is 10.5. The van der Waals surface area contributed by atoms with Gasteiger partial charge in [-0.25, -0.2) is 4.98 Å². The summed E-state index contributed by atoms with van der Waals surface area (Å²) < 4.78 is 1.08. The van der Waals surface area contributed by atoms with Crippen molar-refractivity contribution in [3.05, 3.63) is 53.0 Å².